The van der Waals surface area contributed by atoms with Gasteiger partial charge < -0.3 is 11.1 Å². The van der Waals surface area contributed by atoms with Gasteiger partial charge >= 0.3 is 0 Å². The molecule has 1 amide bonds. The summed E-state index contributed by atoms with van der Waals surface area (Å²) in [5, 5.41) is 2.72. The summed E-state index contributed by atoms with van der Waals surface area (Å²) in [6.45, 7) is 1.60. The summed E-state index contributed by atoms with van der Waals surface area (Å²) in [5.41, 5.74) is 5.72. The molecule has 0 saturated heterocycles. The number of sulfone groups is 1. The van der Waals surface area contributed by atoms with E-state index in [4.69, 9.17) is 5.73 Å². The van der Waals surface area contributed by atoms with E-state index in [1.165, 1.54) is 12.1 Å². The Hall–Kier alpha value is -1.40. The van der Waals surface area contributed by atoms with Crippen molar-refractivity contribution in [1.82, 2.24) is 0 Å². The van der Waals surface area contributed by atoms with E-state index in [0.29, 0.717) is 18.5 Å². The third-order valence-corrected chi connectivity index (χ3v) is 5.30. The van der Waals surface area contributed by atoms with Crippen LogP contribution in [0.15, 0.2) is 29.2 Å². The molecule has 1 aliphatic rings. The molecule has 5 nitrogen and oxygen atoms in total. The average Bonchev–Trinajstić information content (AvgIpc) is 2.36. The molecular formula is C13H18N2O3S. The predicted octanol–water partition coefficient (Wildman–Crippen LogP) is 1.30. The molecule has 1 aliphatic carbocycles. The zero-order valence-corrected chi connectivity index (χ0v) is 11.7. The van der Waals surface area contributed by atoms with E-state index in [9.17, 15) is 13.2 Å². The van der Waals surface area contributed by atoms with Crippen molar-refractivity contribution in [2.75, 3.05) is 11.1 Å². The number of hydrogen-bond donors (Lipinski definition) is 2. The van der Waals surface area contributed by atoms with Crippen molar-refractivity contribution < 1.29 is 13.2 Å². The van der Waals surface area contributed by atoms with E-state index in [0.717, 1.165) is 6.42 Å². The van der Waals surface area contributed by atoms with Crippen molar-refractivity contribution >= 4 is 21.4 Å². The predicted molar refractivity (Wildman–Crippen MR) is 73.6 cm³/mol. The summed E-state index contributed by atoms with van der Waals surface area (Å²) in [7, 11) is -3.20. The van der Waals surface area contributed by atoms with E-state index in [1.54, 1.807) is 19.1 Å². The summed E-state index contributed by atoms with van der Waals surface area (Å²) in [6, 6.07) is 6.17. The number of rotatable bonds is 4. The lowest BCUT2D eigenvalue weighted by Crippen LogP contribution is -2.56. The molecule has 0 aliphatic heterocycles. The third kappa shape index (κ3) is 2.79. The lowest BCUT2D eigenvalue weighted by atomic mass is 9.77. The maximum Gasteiger partial charge on any atom is 0.244 e. The summed E-state index contributed by atoms with van der Waals surface area (Å²) < 4.78 is 23.3. The first-order chi connectivity index (χ1) is 8.87. The second-order valence-corrected chi connectivity index (χ2v) is 7.17. The molecule has 0 heterocycles. The number of carbonyl (C=O) groups excluding carboxylic acids is 1. The molecule has 1 aromatic rings. The first-order valence-electron chi connectivity index (χ1n) is 6.30. The number of hydrogen-bond acceptors (Lipinski definition) is 4. The molecule has 0 radical (unpaired) electrons. The minimum atomic E-state index is -3.20. The normalized spacial score (nSPS) is 17.6. The van der Waals surface area contributed by atoms with Crippen LogP contribution in [-0.2, 0) is 14.6 Å². The molecule has 104 valence electrons. The quantitative estimate of drug-likeness (QED) is 0.871. The highest BCUT2D eigenvalue weighted by Gasteiger charge is 2.40. The molecular weight excluding hydrogens is 264 g/mol. The van der Waals surface area contributed by atoms with Crippen molar-refractivity contribution in [3.8, 4) is 0 Å². The Labute approximate surface area is 113 Å². The fraction of sp³-hybridized carbons (Fsp3) is 0.462. The van der Waals surface area contributed by atoms with E-state index < -0.39 is 15.4 Å². The Balaban J connectivity index is 2.09. The van der Waals surface area contributed by atoms with Crippen molar-refractivity contribution in [2.45, 2.75) is 36.6 Å². The van der Waals surface area contributed by atoms with Gasteiger partial charge in [-0.2, -0.15) is 0 Å². The molecule has 1 fully saturated rings. The Morgan fingerprint density at radius 3 is 2.32 bits per heavy atom. The fourth-order valence-corrected chi connectivity index (χ4v) is 2.84. The second kappa shape index (κ2) is 4.94. The largest absolute Gasteiger partial charge is 0.324 e. The number of amides is 1. The van der Waals surface area contributed by atoms with Gasteiger partial charge in [-0.05, 0) is 43.5 Å². The number of carbonyl (C=O) groups is 1. The van der Waals surface area contributed by atoms with Crippen LogP contribution in [0.5, 0.6) is 0 Å². The molecule has 2 rings (SSSR count). The van der Waals surface area contributed by atoms with Gasteiger partial charge in [0.15, 0.2) is 9.84 Å². The average molecular weight is 282 g/mol. The monoisotopic (exact) mass is 282 g/mol. The number of anilines is 1. The van der Waals surface area contributed by atoms with E-state index in [-0.39, 0.29) is 16.6 Å². The Morgan fingerprint density at radius 1 is 1.32 bits per heavy atom. The van der Waals surface area contributed by atoms with Crippen LogP contribution in [0.2, 0.25) is 0 Å². The summed E-state index contributed by atoms with van der Waals surface area (Å²) in [4.78, 5) is 12.2. The van der Waals surface area contributed by atoms with Crippen molar-refractivity contribution in [2.24, 2.45) is 5.73 Å². The van der Waals surface area contributed by atoms with E-state index >= 15 is 0 Å². The lowest BCUT2D eigenvalue weighted by Gasteiger charge is -2.36. The molecule has 3 N–H and O–H groups in total. The van der Waals surface area contributed by atoms with Crippen LogP contribution in [0.25, 0.3) is 0 Å². The topological polar surface area (TPSA) is 89.3 Å². The van der Waals surface area contributed by atoms with E-state index in [2.05, 4.69) is 5.32 Å². The van der Waals surface area contributed by atoms with E-state index in [1.807, 2.05) is 0 Å². The minimum Gasteiger partial charge on any atom is -0.324 e. The number of nitrogens with one attached hydrogen (secondary N) is 1. The molecule has 0 atom stereocenters. The van der Waals surface area contributed by atoms with Gasteiger partial charge in [0.25, 0.3) is 0 Å². The van der Waals surface area contributed by atoms with Crippen LogP contribution in [-0.4, -0.2) is 25.6 Å². The fourth-order valence-electron chi connectivity index (χ4n) is 1.95. The third-order valence-electron chi connectivity index (χ3n) is 3.55. The van der Waals surface area contributed by atoms with Crippen LogP contribution < -0.4 is 11.1 Å². The van der Waals surface area contributed by atoms with Gasteiger partial charge in [-0.25, -0.2) is 8.42 Å². The molecule has 1 saturated carbocycles. The maximum absolute atomic E-state index is 11.9. The van der Waals surface area contributed by atoms with Gasteiger partial charge in [-0.15, -0.1) is 0 Å². The van der Waals surface area contributed by atoms with Crippen LogP contribution in [0.4, 0.5) is 5.69 Å². The number of nitrogens with two attached hydrogens (primary N) is 1. The zero-order chi connectivity index (χ0) is 14.1. The molecule has 1 aromatic carbocycles. The summed E-state index contributed by atoms with van der Waals surface area (Å²) in [6.07, 6.45) is 2.36. The van der Waals surface area contributed by atoms with Gasteiger partial charge in [-0.1, -0.05) is 6.92 Å². The first kappa shape index (κ1) is 14.0. The van der Waals surface area contributed by atoms with Crippen molar-refractivity contribution in [3.63, 3.8) is 0 Å². The second-order valence-electron chi connectivity index (χ2n) is 4.89. The highest BCUT2D eigenvalue weighted by atomic mass is 32.2. The Kier molecular flexibility index (Phi) is 3.64. The van der Waals surface area contributed by atoms with Crippen molar-refractivity contribution in [3.05, 3.63) is 24.3 Å². The van der Waals surface area contributed by atoms with Crippen LogP contribution >= 0.6 is 0 Å². The smallest absolute Gasteiger partial charge is 0.244 e. The highest BCUT2D eigenvalue weighted by Crippen LogP contribution is 2.30. The van der Waals surface area contributed by atoms with Crippen molar-refractivity contribution in [1.29, 1.82) is 0 Å². The van der Waals surface area contributed by atoms with Crippen LogP contribution in [0, 0.1) is 0 Å². The molecule has 0 bridgehead atoms. The van der Waals surface area contributed by atoms with Crippen LogP contribution in [0.3, 0.4) is 0 Å². The minimum absolute atomic E-state index is 0.0601. The zero-order valence-electron chi connectivity index (χ0n) is 10.8. The van der Waals surface area contributed by atoms with Gasteiger partial charge in [0, 0.05) is 5.69 Å². The number of benzene rings is 1. The summed E-state index contributed by atoms with van der Waals surface area (Å²) in [5.74, 6) is -0.144. The maximum atomic E-state index is 11.9. The lowest BCUT2D eigenvalue weighted by molar-refractivity contribution is -0.123. The van der Waals surface area contributed by atoms with Gasteiger partial charge in [-0.3, -0.25) is 4.79 Å². The molecule has 0 aromatic heterocycles. The highest BCUT2D eigenvalue weighted by molar-refractivity contribution is 7.91. The molecule has 0 spiro atoms. The first-order valence-corrected chi connectivity index (χ1v) is 7.96. The molecule has 0 unspecified atom stereocenters. The van der Waals surface area contributed by atoms with Gasteiger partial charge in [0.2, 0.25) is 5.91 Å². The van der Waals surface area contributed by atoms with Gasteiger partial charge in [0.1, 0.15) is 0 Å². The summed E-state index contributed by atoms with van der Waals surface area (Å²) >= 11 is 0. The Bertz CT molecular complexity index is 574. The van der Waals surface area contributed by atoms with Gasteiger partial charge in [0.05, 0.1) is 16.2 Å². The standard InChI is InChI=1S/C13H18N2O3S/c1-2-19(17,18)11-6-4-10(5-7-11)15-12(16)13(14)8-3-9-13/h4-7H,2-3,8-9,14H2,1H3,(H,15,16). The van der Waals surface area contributed by atoms with Crippen LogP contribution in [0.1, 0.15) is 26.2 Å². The SMILES string of the molecule is CCS(=O)(=O)c1ccc(NC(=O)C2(N)CCC2)cc1. The molecule has 6 heteroatoms. The molecule has 19 heavy (non-hydrogen) atoms. The Morgan fingerprint density at radius 2 is 1.89 bits per heavy atom.